The number of carboxylic acid groups (broad SMARTS) is 2. The van der Waals surface area contributed by atoms with Crippen LogP contribution in [0.15, 0.2) is 48.5 Å². The van der Waals surface area contributed by atoms with Crippen LogP contribution in [-0.2, 0) is 17.8 Å². The van der Waals surface area contributed by atoms with Crippen LogP contribution >= 0.6 is 0 Å². The second-order valence-electron chi connectivity index (χ2n) is 5.92. The van der Waals surface area contributed by atoms with Crippen molar-refractivity contribution in [1.29, 1.82) is 0 Å². The minimum Gasteiger partial charge on any atom is -0.480 e. The van der Waals surface area contributed by atoms with Crippen LogP contribution in [0.4, 0.5) is 0 Å². The summed E-state index contributed by atoms with van der Waals surface area (Å²) >= 11 is 0. The van der Waals surface area contributed by atoms with Crippen LogP contribution in [0.5, 0.6) is 5.88 Å². The second kappa shape index (κ2) is 7.28. The summed E-state index contributed by atoms with van der Waals surface area (Å²) in [6.07, 6.45) is 0.115. The quantitative estimate of drug-likeness (QED) is 0.516. The van der Waals surface area contributed by atoms with Gasteiger partial charge in [0.05, 0.1) is 5.56 Å². The summed E-state index contributed by atoms with van der Waals surface area (Å²) in [6.45, 7) is 0.142. The van der Waals surface area contributed by atoms with E-state index in [1.165, 1.54) is 12.1 Å². The lowest BCUT2D eigenvalue weighted by Gasteiger charge is -2.10. The fraction of sp³-hybridized carbons (Fsp3) is 0.158. The van der Waals surface area contributed by atoms with Crippen molar-refractivity contribution in [2.75, 3.05) is 0 Å². The third-order valence-corrected chi connectivity index (χ3v) is 4.07. The van der Waals surface area contributed by atoms with E-state index in [1.54, 1.807) is 12.1 Å². The summed E-state index contributed by atoms with van der Waals surface area (Å²) in [4.78, 5) is 25.3. The van der Waals surface area contributed by atoms with Crippen LogP contribution in [0.1, 0.15) is 21.5 Å². The number of nitrogens with two attached hydrogens (primary N) is 1. The number of hydrogen-bond donors (Lipinski definition) is 4. The van der Waals surface area contributed by atoms with Gasteiger partial charge >= 0.3 is 11.9 Å². The average molecular weight is 354 g/mol. The molecule has 0 unspecified atom stereocenters. The Labute approximate surface area is 149 Å². The van der Waals surface area contributed by atoms with Crippen LogP contribution in [0.2, 0.25) is 0 Å². The first-order chi connectivity index (χ1) is 12.5. The molecule has 0 aliphatic rings. The van der Waals surface area contributed by atoms with Crippen molar-refractivity contribution in [3.05, 3.63) is 65.2 Å². The zero-order valence-corrected chi connectivity index (χ0v) is 13.8. The maximum Gasteiger partial charge on any atom is 0.335 e. The molecule has 0 saturated heterocycles. The van der Waals surface area contributed by atoms with Crippen molar-refractivity contribution in [1.82, 2.24) is 4.98 Å². The van der Waals surface area contributed by atoms with E-state index in [0.29, 0.717) is 17.0 Å². The number of carboxylic acids is 2. The summed E-state index contributed by atoms with van der Waals surface area (Å²) in [5.41, 5.74) is 8.06. The van der Waals surface area contributed by atoms with Crippen molar-refractivity contribution >= 4 is 22.8 Å². The number of carbonyl (C=O) groups is 2. The highest BCUT2D eigenvalue weighted by atomic mass is 16.5. The lowest BCUT2D eigenvalue weighted by atomic mass is 10.1. The molecule has 134 valence electrons. The number of para-hydroxylation sites is 1. The zero-order chi connectivity index (χ0) is 18.7. The monoisotopic (exact) mass is 354 g/mol. The van der Waals surface area contributed by atoms with Crippen molar-refractivity contribution in [3.63, 3.8) is 0 Å². The van der Waals surface area contributed by atoms with Gasteiger partial charge in [0.2, 0.25) is 0 Å². The number of H-pyrrole nitrogens is 1. The normalized spacial score (nSPS) is 12.0. The molecule has 1 aromatic heterocycles. The number of aliphatic carboxylic acids is 1. The third kappa shape index (κ3) is 3.68. The summed E-state index contributed by atoms with van der Waals surface area (Å²) in [6, 6.07) is 12.8. The topological polar surface area (TPSA) is 126 Å². The van der Waals surface area contributed by atoms with E-state index in [-0.39, 0.29) is 18.6 Å². The SMILES string of the molecule is N[C@@H](Cc1c(OCc2cccc(C(=O)O)c2)[nH]c2ccccc12)C(=O)O. The van der Waals surface area contributed by atoms with Crippen LogP contribution in [0, 0.1) is 0 Å². The van der Waals surface area contributed by atoms with E-state index in [0.717, 1.165) is 10.9 Å². The number of hydrogen-bond acceptors (Lipinski definition) is 4. The van der Waals surface area contributed by atoms with Gasteiger partial charge in [-0.25, -0.2) is 4.79 Å². The predicted molar refractivity (Wildman–Crippen MR) is 95.3 cm³/mol. The van der Waals surface area contributed by atoms with E-state index in [1.807, 2.05) is 24.3 Å². The van der Waals surface area contributed by atoms with E-state index >= 15 is 0 Å². The molecular weight excluding hydrogens is 336 g/mol. The maximum atomic E-state index is 11.1. The fourth-order valence-electron chi connectivity index (χ4n) is 2.76. The molecular formula is C19H18N2O5. The molecule has 26 heavy (non-hydrogen) atoms. The molecule has 0 aliphatic heterocycles. The van der Waals surface area contributed by atoms with Gasteiger partial charge in [0.15, 0.2) is 5.88 Å². The first-order valence-electron chi connectivity index (χ1n) is 7.98. The van der Waals surface area contributed by atoms with Crippen molar-refractivity contribution < 1.29 is 24.5 Å². The molecule has 7 nitrogen and oxygen atoms in total. The molecule has 0 radical (unpaired) electrons. The first-order valence-corrected chi connectivity index (χ1v) is 7.98. The molecule has 1 atom stereocenters. The van der Waals surface area contributed by atoms with Crippen molar-refractivity contribution in [3.8, 4) is 5.88 Å². The first kappa shape index (κ1) is 17.5. The van der Waals surface area contributed by atoms with E-state index < -0.39 is 18.0 Å². The van der Waals surface area contributed by atoms with Crippen LogP contribution in [0.25, 0.3) is 10.9 Å². The Morgan fingerprint density at radius 1 is 1.12 bits per heavy atom. The van der Waals surface area contributed by atoms with E-state index in [4.69, 9.17) is 20.7 Å². The highest BCUT2D eigenvalue weighted by Gasteiger charge is 2.19. The lowest BCUT2D eigenvalue weighted by Crippen LogP contribution is -2.32. The average Bonchev–Trinajstić information content (AvgIpc) is 2.97. The standard InChI is InChI=1S/C19H18N2O5/c20-15(19(24)25)9-14-13-6-1-2-7-16(13)21-17(14)26-10-11-4-3-5-12(8-11)18(22)23/h1-8,15,21H,9-10,20H2,(H,22,23)(H,24,25)/t15-/m0/s1. The van der Waals surface area contributed by atoms with Gasteiger partial charge in [-0.15, -0.1) is 0 Å². The molecule has 3 rings (SSSR count). The summed E-state index contributed by atoms with van der Waals surface area (Å²) < 4.78 is 5.83. The Bertz CT molecular complexity index is 963. The van der Waals surface area contributed by atoms with Gasteiger partial charge < -0.3 is 25.7 Å². The van der Waals surface area contributed by atoms with Gasteiger partial charge in [0.1, 0.15) is 12.6 Å². The number of ether oxygens (including phenoxy) is 1. The molecule has 0 bridgehead atoms. The number of aromatic carboxylic acids is 1. The molecule has 0 saturated carbocycles. The highest BCUT2D eigenvalue weighted by Crippen LogP contribution is 2.29. The minimum absolute atomic E-state index is 0.115. The maximum absolute atomic E-state index is 11.1. The van der Waals surface area contributed by atoms with Gasteiger partial charge in [-0.3, -0.25) is 4.79 Å². The Balaban J connectivity index is 1.88. The molecule has 5 N–H and O–H groups in total. The van der Waals surface area contributed by atoms with Gasteiger partial charge in [-0.05, 0) is 23.8 Å². The van der Waals surface area contributed by atoms with Gasteiger partial charge in [-0.1, -0.05) is 30.3 Å². The Morgan fingerprint density at radius 2 is 1.88 bits per heavy atom. The van der Waals surface area contributed by atoms with Crippen molar-refractivity contribution in [2.45, 2.75) is 19.1 Å². The smallest absolute Gasteiger partial charge is 0.335 e. The lowest BCUT2D eigenvalue weighted by molar-refractivity contribution is -0.138. The predicted octanol–water partition coefficient (Wildman–Crippen LogP) is 2.40. The van der Waals surface area contributed by atoms with Crippen molar-refractivity contribution in [2.24, 2.45) is 5.73 Å². The molecule has 0 fully saturated rings. The van der Waals surface area contributed by atoms with Crippen LogP contribution in [0.3, 0.4) is 0 Å². The fourth-order valence-corrected chi connectivity index (χ4v) is 2.76. The largest absolute Gasteiger partial charge is 0.480 e. The third-order valence-electron chi connectivity index (χ3n) is 4.07. The highest BCUT2D eigenvalue weighted by molar-refractivity contribution is 5.88. The zero-order valence-electron chi connectivity index (χ0n) is 13.8. The molecule has 2 aromatic carbocycles. The Kier molecular flexibility index (Phi) is 4.90. The van der Waals surface area contributed by atoms with E-state index in [2.05, 4.69) is 4.98 Å². The van der Waals surface area contributed by atoms with Crippen LogP contribution < -0.4 is 10.5 Å². The summed E-state index contributed by atoms with van der Waals surface area (Å²) in [5.74, 6) is -1.66. The number of benzene rings is 2. The summed E-state index contributed by atoms with van der Waals surface area (Å²) in [5, 5.41) is 19.0. The summed E-state index contributed by atoms with van der Waals surface area (Å²) in [7, 11) is 0. The number of aromatic amines is 1. The molecule has 0 amide bonds. The number of nitrogens with one attached hydrogen (secondary N) is 1. The molecule has 7 heteroatoms. The van der Waals surface area contributed by atoms with Gasteiger partial charge in [0, 0.05) is 22.9 Å². The van der Waals surface area contributed by atoms with Gasteiger partial charge in [0.25, 0.3) is 0 Å². The molecule has 3 aromatic rings. The molecule has 0 spiro atoms. The molecule has 1 heterocycles. The second-order valence-corrected chi connectivity index (χ2v) is 5.92. The molecule has 0 aliphatic carbocycles. The number of aromatic nitrogens is 1. The Morgan fingerprint density at radius 3 is 2.62 bits per heavy atom. The van der Waals surface area contributed by atoms with E-state index in [9.17, 15) is 9.59 Å². The van der Waals surface area contributed by atoms with Gasteiger partial charge in [-0.2, -0.15) is 0 Å². The van der Waals surface area contributed by atoms with Crippen LogP contribution in [-0.4, -0.2) is 33.2 Å². The Hall–Kier alpha value is -3.32. The minimum atomic E-state index is -1.09. The number of rotatable bonds is 7. The number of fused-ring (bicyclic) bond motifs is 1.